The number of non-ortho nitro benzene ring substituents is 1. The van der Waals surface area contributed by atoms with E-state index in [2.05, 4.69) is 15.5 Å². The van der Waals surface area contributed by atoms with Gasteiger partial charge in [-0.2, -0.15) is 18.4 Å². The number of rotatable bonds is 5. The number of benzene rings is 1. The summed E-state index contributed by atoms with van der Waals surface area (Å²) in [6.07, 6.45) is -1.83. The van der Waals surface area contributed by atoms with E-state index >= 15 is 0 Å². The van der Waals surface area contributed by atoms with E-state index in [1.165, 1.54) is 24.3 Å². The van der Waals surface area contributed by atoms with Gasteiger partial charge in [0.2, 0.25) is 10.1 Å². The third-order valence-electron chi connectivity index (χ3n) is 3.98. The fourth-order valence-corrected chi connectivity index (χ4v) is 3.21. The van der Waals surface area contributed by atoms with Gasteiger partial charge in [0.15, 0.2) is 0 Å². The fourth-order valence-electron chi connectivity index (χ4n) is 2.60. The third-order valence-corrected chi connectivity index (χ3v) is 4.86. The molecule has 158 valence electrons. The second kappa shape index (κ2) is 8.36. The Balaban J connectivity index is 1.88. The van der Waals surface area contributed by atoms with Crippen molar-refractivity contribution in [3.05, 3.63) is 68.5 Å². The van der Waals surface area contributed by atoms with Gasteiger partial charge in [0.25, 0.3) is 11.6 Å². The van der Waals surface area contributed by atoms with Gasteiger partial charge in [-0.3, -0.25) is 20.2 Å². The van der Waals surface area contributed by atoms with Crippen molar-refractivity contribution in [1.29, 1.82) is 5.26 Å². The Kier molecular flexibility index (Phi) is 5.84. The van der Waals surface area contributed by atoms with Gasteiger partial charge in [0.05, 0.1) is 4.92 Å². The minimum Gasteiger partial charge on any atom is -0.317 e. The van der Waals surface area contributed by atoms with Gasteiger partial charge in [-0.15, -0.1) is 10.2 Å². The van der Waals surface area contributed by atoms with Gasteiger partial charge in [-0.05, 0) is 36.8 Å². The first-order chi connectivity index (χ1) is 14.6. The quantitative estimate of drug-likeness (QED) is 0.271. The van der Waals surface area contributed by atoms with Crippen LogP contribution in [0.2, 0.25) is 0 Å². The van der Waals surface area contributed by atoms with Crippen LogP contribution in [0.25, 0.3) is 11.8 Å². The number of hydrogen-bond donors (Lipinski definition) is 1. The first-order valence-corrected chi connectivity index (χ1v) is 9.18. The lowest BCUT2D eigenvalue weighted by molar-refractivity contribution is -0.384. The minimum atomic E-state index is -4.70. The van der Waals surface area contributed by atoms with Crippen molar-refractivity contribution in [1.82, 2.24) is 14.8 Å². The number of nitrogens with zero attached hydrogens (tertiary/aromatic N) is 5. The zero-order valence-corrected chi connectivity index (χ0v) is 16.4. The molecule has 0 aliphatic carbocycles. The van der Waals surface area contributed by atoms with Crippen LogP contribution in [0.3, 0.4) is 0 Å². The number of alkyl halides is 3. The van der Waals surface area contributed by atoms with Gasteiger partial charge in [-0.25, -0.2) is 0 Å². The van der Waals surface area contributed by atoms with E-state index in [9.17, 15) is 33.3 Å². The second-order valence-corrected chi connectivity index (χ2v) is 7.04. The molecule has 1 N–H and O–H groups in total. The Labute approximate surface area is 176 Å². The Hall–Kier alpha value is -4.05. The van der Waals surface area contributed by atoms with Crippen molar-refractivity contribution in [3.63, 3.8) is 0 Å². The van der Waals surface area contributed by atoms with Crippen LogP contribution in [0.1, 0.15) is 16.3 Å². The number of aromatic nitrogens is 3. The van der Waals surface area contributed by atoms with Gasteiger partial charge in [0, 0.05) is 29.7 Å². The maximum absolute atomic E-state index is 12.6. The standard InChI is InChI=1S/C18H11F3N6O3S/c1-10-7-13(27(29)30)4-5-14(10)26-6-2-3-12(26)8-11(9-22)15(28)23-17-25-24-16(31-17)18(19,20)21/h2-8H,1H3,(H,23,25,28)/b11-8-. The lowest BCUT2D eigenvalue weighted by Gasteiger charge is -2.10. The molecule has 2 aromatic heterocycles. The number of amides is 1. The van der Waals surface area contributed by atoms with E-state index in [0.717, 1.165) is 0 Å². The average Bonchev–Trinajstić information content (AvgIpc) is 3.35. The van der Waals surface area contributed by atoms with E-state index in [-0.39, 0.29) is 22.6 Å². The molecule has 0 saturated carbocycles. The van der Waals surface area contributed by atoms with Crippen LogP contribution < -0.4 is 5.32 Å². The number of carbonyl (C=O) groups is 1. The molecule has 0 spiro atoms. The third kappa shape index (κ3) is 4.75. The summed E-state index contributed by atoms with van der Waals surface area (Å²) in [5.41, 5.74) is 1.09. The van der Waals surface area contributed by atoms with E-state index in [1.807, 2.05) is 0 Å². The van der Waals surface area contributed by atoms with Crippen LogP contribution in [0, 0.1) is 28.4 Å². The molecule has 0 bridgehead atoms. The molecule has 3 aromatic rings. The molecular formula is C18H11F3N6O3S. The number of carbonyl (C=O) groups excluding carboxylic acids is 1. The van der Waals surface area contributed by atoms with Crippen LogP contribution in [-0.2, 0) is 11.0 Å². The Morgan fingerprint density at radius 3 is 2.68 bits per heavy atom. The van der Waals surface area contributed by atoms with Crippen LogP contribution in [-0.4, -0.2) is 25.6 Å². The molecule has 1 aromatic carbocycles. The molecule has 31 heavy (non-hydrogen) atoms. The molecule has 0 radical (unpaired) electrons. The minimum absolute atomic E-state index is 0.0853. The molecule has 0 aliphatic heterocycles. The predicted molar refractivity (Wildman–Crippen MR) is 104 cm³/mol. The normalized spacial score (nSPS) is 11.8. The van der Waals surface area contributed by atoms with E-state index < -0.39 is 27.1 Å². The van der Waals surface area contributed by atoms with Crippen molar-refractivity contribution in [2.75, 3.05) is 5.32 Å². The summed E-state index contributed by atoms with van der Waals surface area (Å²) in [6, 6.07) is 9.16. The summed E-state index contributed by atoms with van der Waals surface area (Å²) < 4.78 is 39.5. The number of nitro groups is 1. The maximum Gasteiger partial charge on any atom is 0.445 e. The second-order valence-electron chi connectivity index (χ2n) is 6.07. The highest BCUT2D eigenvalue weighted by Gasteiger charge is 2.35. The largest absolute Gasteiger partial charge is 0.445 e. The van der Waals surface area contributed by atoms with E-state index in [1.54, 1.807) is 35.9 Å². The van der Waals surface area contributed by atoms with Crippen LogP contribution in [0.15, 0.2) is 42.1 Å². The molecule has 1 amide bonds. The molecule has 0 fully saturated rings. The van der Waals surface area contributed by atoms with Crippen molar-refractivity contribution in [3.8, 4) is 11.8 Å². The smallest absolute Gasteiger partial charge is 0.317 e. The van der Waals surface area contributed by atoms with E-state index in [4.69, 9.17) is 0 Å². The number of halogens is 3. The monoisotopic (exact) mass is 448 g/mol. The summed E-state index contributed by atoms with van der Waals surface area (Å²) >= 11 is 0.134. The number of nitrogens with one attached hydrogen (secondary N) is 1. The predicted octanol–water partition coefficient (Wildman–Crippen LogP) is 4.11. The molecule has 9 nitrogen and oxygen atoms in total. The molecule has 13 heteroatoms. The van der Waals surface area contributed by atoms with E-state index in [0.29, 0.717) is 16.9 Å². The number of aryl methyl sites for hydroxylation is 1. The van der Waals surface area contributed by atoms with Gasteiger partial charge < -0.3 is 4.57 Å². The van der Waals surface area contributed by atoms with Gasteiger partial charge in [0.1, 0.15) is 11.6 Å². The first kappa shape index (κ1) is 21.7. The molecule has 0 aliphatic rings. The lowest BCUT2D eigenvalue weighted by atomic mass is 10.1. The summed E-state index contributed by atoms with van der Waals surface area (Å²) in [7, 11) is 0. The number of nitriles is 1. The van der Waals surface area contributed by atoms with Crippen LogP contribution in [0.5, 0.6) is 0 Å². The Bertz CT molecular complexity index is 1240. The van der Waals surface area contributed by atoms with Crippen LogP contribution in [0.4, 0.5) is 24.0 Å². The fraction of sp³-hybridized carbons (Fsp3) is 0.111. The Morgan fingerprint density at radius 2 is 2.10 bits per heavy atom. The summed E-state index contributed by atoms with van der Waals surface area (Å²) in [5.74, 6) is -0.958. The molecule has 3 rings (SSSR count). The van der Waals surface area contributed by atoms with Gasteiger partial charge in [-0.1, -0.05) is 11.3 Å². The van der Waals surface area contributed by atoms with Crippen LogP contribution >= 0.6 is 11.3 Å². The summed E-state index contributed by atoms with van der Waals surface area (Å²) in [4.78, 5) is 22.7. The summed E-state index contributed by atoms with van der Waals surface area (Å²) in [5, 5.41) is 27.0. The molecule has 0 unspecified atom stereocenters. The average molecular weight is 448 g/mol. The number of anilines is 1. The number of nitro benzene ring substituents is 1. The molecule has 0 saturated heterocycles. The maximum atomic E-state index is 12.6. The highest BCUT2D eigenvalue weighted by Crippen LogP contribution is 2.33. The highest BCUT2D eigenvalue weighted by atomic mass is 32.1. The SMILES string of the molecule is Cc1cc([N+](=O)[O-])ccc1-n1cccc1/C=C(/C#N)C(=O)Nc1nnc(C(F)(F)F)s1. The first-order valence-electron chi connectivity index (χ1n) is 8.37. The Morgan fingerprint density at radius 1 is 1.35 bits per heavy atom. The zero-order valence-electron chi connectivity index (χ0n) is 15.5. The van der Waals surface area contributed by atoms with Crippen molar-refractivity contribution < 1.29 is 22.9 Å². The molecule has 0 atom stereocenters. The van der Waals surface area contributed by atoms with Crippen molar-refractivity contribution in [2.45, 2.75) is 13.1 Å². The van der Waals surface area contributed by atoms with Gasteiger partial charge >= 0.3 is 6.18 Å². The summed E-state index contributed by atoms with van der Waals surface area (Å²) in [6.45, 7) is 1.67. The molecule has 2 heterocycles. The topological polar surface area (TPSA) is 127 Å². The van der Waals surface area contributed by atoms with Crippen molar-refractivity contribution in [2.24, 2.45) is 0 Å². The lowest BCUT2D eigenvalue weighted by Crippen LogP contribution is -2.13. The zero-order chi connectivity index (χ0) is 22.8. The highest BCUT2D eigenvalue weighted by molar-refractivity contribution is 7.15. The van der Waals surface area contributed by atoms with Crippen molar-refractivity contribution >= 4 is 34.1 Å². The number of hydrogen-bond acceptors (Lipinski definition) is 7. The molecular weight excluding hydrogens is 437 g/mol.